The highest BCUT2D eigenvalue weighted by Crippen LogP contribution is 2.39. The van der Waals surface area contributed by atoms with Gasteiger partial charge in [0.2, 0.25) is 5.75 Å². The van der Waals surface area contributed by atoms with Gasteiger partial charge in [-0.2, -0.15) is 0 Å². The number of aryl methyl sites for hydroxylation is 1. The van der Waals surface area contributed by atoms with Crippen molar-refractivity contribution < 1.29 is 24.5 Å². The second kappa shape index (κ2) is 14.2. The van der Waals surface area contributed by atoms with Gasteiger partial charge in [-0.25, -0.2) is 4.79 Å². The highest BCUT2D eigenvalue weighted by atomic mass is 16.7. The lowest BCUT2D eigenvalue weighted by molar-refractivity contribution is 0.142. The summed E-state index contributed by atoms with van der Waals surface area (Å²) in [5.41, 5.74) is 0.841. The van der Waals surface area contributed by atoms with Gasteiger partial charge in [0.15, 0.2) is 11.5 Å². The number of benzene rings is 1. The fraction of sp³-hybridized carbons (Fsp3) is 0.682. The van der Waals surface area contributed by atoms with Crippen molar-refractivity contribution in [3.63, 3.8) is 0 Å². The molecule has 0 bridgehead atoms. The molecule has 1 rings (SSSR count). The zero-order valence-electron chi connectivity index (χ0n) is 17.0. The summed E-state index contributed by atoms with van der Waals surface area (Å²) < 4.78 is 10.3. The van der Waals surface area contributed by atoms with Crippen LogP contribution in [0.3, 0.4) is 0 Å². The van der Waals surface area contributed by atoms with Gasteiger partial charge < -0.3 is 19.7 Å². The van der Waals surface area contributed by atoms with Crippen LogP contribution in [0.5, 0.6) is 17.2 Å². The Morgan fingerprint density at radius 1 is 0.889 bits per heavy atom. The Morgan fingerprint density at radius 3 is 1.96 bits per heavy atom. The molecular formula is C22H36O5. The number of hydrogen-bond acceptors (Lipinski definition) is 4. The maximum Gasteiger partial charge on any atom is 0.511 e. The SMILES string of the molecule is CCCCCCCCCCCCCOc1c(CC)ccc(OC(=O)O)c1O. The van der Waals surface area contributed by atoms with Crippen molar-refractivity contribution >= 4 is 6.16 Å². The number of hydrogen-bond donors (Lipinski definition) is 2. The van der Waals surface area contributed by atoms with Gasteiger partial charge in [-0.1, -0.05) is 84.1 Å². The summed E-state index contributed by atoms with van der Waals surface area (Å²) in [4.78, 5) is 10.7. The van der Waals surface area contributed by atoms with Crippen molar-refractivity contribution in [2.75, 3.05) is 6.61 Å². The first-order valence-corrected chi connectivity index (χ1v) is 10.5. The minimum absolute atomic E-state index is 0.0892. The van der Waals surface area contributed by atoms with Crippen molar-refractivity contribution in [1.82, 2.24) is 0 Å². The van der Waals surface area contributed by atoms with Crippen LogP contribution >= 0.6 is 0 Å². The van der Waals surface area contributed by atoms with E-state index in [2.05, 4.69) is 11.7 Å². The van der Waals surface area contributed by atoms with E-state index >= 15 is 0 Å². The molecule has 0 saturated carbocycles. The maximum absolute atomic E-state index is 10.7. The summed E-state index contributed by atoms with van der Waals surface area (Å²) >= 11 is 0. The number of phenols is 1. The van der Waals surface area contributed by atoms with E-state index in [0.29, 0.717) is 18.8 Å². The van der Waals surface area contributed by atoms with Crippen molar-refractivity contribution in [3.8, 4) is 17.2 Å². The average Bonchev–Trinajstić information content (AvgIpc) is 2.65. The number of carbonyl (C=O) groups is 1. The first kappa shape index (κ1) is 23.1. The topological polar surface area (TPSA) is 76.0 Å². The van der Waals surface area contributed by atoms with E-state index < -0.39 is 6.16 Å². The second-order valence-electron chi connectivity index (χ2n) is 7.01. The zero-order valence-corrected chi connectivity index (χ0v) is 17.0. The van der Waals surface area contributed by atoms with Crippen LogP contribution in [0.1, 0.15) is 90.0 Å². The van der Waals surface area contributed by atoms with E-state index in [0.717, 1.165) is 18.4 Å². The van der Waals surface area contributed by atoms with E-state index in [4.69, 9.17) is 9.84 Å². The van der Waals surface area contributed by atoms with Gasteiger partial charge in [0, 0.05) is 0 Å². The first-order chi connectivity index (χ1) is 13.1. The van der Waals surface area contributed by atoms with Gasteiger partial charge in [-0.05, 0) is 24.5 Å². The Bertz CT molecular complexity index is 542. The molecule has 0 heterocycles. The van der Waals surface area contributed by atoms with Gasteiger partial charge in [0.25, 0.3) is 0 Å². The van der Waals surface area contributed by atoms with Crippen LogP contribution in [0.25, 0.3) is 0 Å². The molecule has 0 aliphatic carbocycles. The number of aromatic hydroxyl groups is 1. The van der Waals surface area contributed by atoms with Crippen LogP contribution in [0.15, 0.2) is 12.1 Å². The molecule has 5 heteroatoms. The number of rotatable bonds is 15. The van der Waals surface area contributed by atoms with E-state index in [1.165, 1.54) is 63.9 Å². The van der Waals surface area contributed by atoms with E-state index in [1.807, 2.05) is 6.92 Å². The molecule has 154 valence electrons. The average molecular weight is 381 g/mol. The molecule has 0 aliphatic rings. The first-order valence-electron chi connectivity index (χ1n) is 10.5. The lowest BCUT2D eigenvalue weighted by Gasteiger charge is -2.14. The predicted octanol–water partition coefficient (Wildman–Crippen LogP) is 6.70. The summed E-state index contributed by atoms with van der Waals surface area (Å²) in [6.07, 6.45) is 13.1. The Kier molecular flexibility index (Phi) is 12.2. The Labute approximate surface area is 163 Å². The highest BCUT2D eigenvalue weighted by Gasteiger charge is 2.16. The van der Waals surface area contributed by atoms with Crippen LogP contribution < -0.4 is 9.47 Å². The number of phenolic OH excluding ortho intramolecular Hbond substituents is 1. The minimum Gasteiger partial charge on any atom is -0.502 e. The van der Waals surface area contributed by atoms with Crippen molar-refractivity contribution in [2.24, 2.45) is 0 Å². The number of unbranched alkanes of at least 4 members (excludes halogenated alkanes) is 10. The normalized spacial score (nSPS) is 10.7. The van der Waals surface area contributed by atoms with Crippen LogP contribution in [0.4, 0.5) is 4.79 Å². The molecule has 1 aromatic carbocycles. The molecule has 0 spiro atoms. The van der Waals surface area contributed by atoms with Crippen molar-refractivity contribution in [1.29, 1.82) is 0 Å². The third kappa shape index (κ3) is 9.55. The Morgan fingerprint density at radius 2 is 1.44 bits per heavy atom. The minimum atomic E-state index is -1.45. The lowest BCUT2D eigenvalue weighted by Crippen LogP contribution is -2.05. The zero-order chi connectivity index (χ0) is 19.9. The molecule has 5 nitrogen and oxygen atoms in total. The van der Waals surface area contributed by atoms with Gasteiger partial charge in [-0.15, -0.1) is 0 Å². The summed E-state index contributed by atoms with van der Waals surface area (Å²) in [5, 5.41) is 18.9. The molecule has 0 aliphatic heterocycles. The Hall–Kier alpha value is -1.91. The van der Waals surface area contributed by atoms with E-state index in [-0.39, 0.29) is 11.5 Å². The van der Waals surface area contributed by atoms with Gasteiger partial charge >= 0.3 is 6.16 Å². The molecule has 0 saturated heterocycles. The van der Waals surface area contributed by atoms with E-state index in [9.17, 15) is 9.90 Å². The van der Waals surface area contributed by atoms with Crippen LogP contribution in [-0.2, 0) is 6.42 Å². The van der Waals surface area contributed by atoms with Gasteiger partial charge in [0.1, 0.15) is 0 Å². The number of ether oxygens (including phenoxy) is 2. The number of carboxylic acid groups (broad SMARTS) is 1. The smallest absolute Gasteiger partial charge is 0.502 e. The van der Waals surface area contributed by atoms with Crippen molar-refractivity contribution in [2.45, 2.75) is 90.9 Å². The molecule has 0 atom stereocenters. The molecule has 2 N–H and O–H groups in total. The fourth-order valence-electron chi connectivity index (χ4n) is 3.15. The van der Waals surface area contributed by atoms with Crippen LogP contribution in [0, 0.1) is 0 Å². The van der Waals surface area contributed by atoms with Gasteiger partial charge in [-0.3, -0.25) is 0 Å². The molecule has 0 aromatic heterocycles. The van der Waals surface area contributed by atoms with Crippen LogP contribution in [-0.4, -0.2) is 23.0 Å². The Balaban J connectivity index is 2.23. The summed E-state index contributed by atoms with van der Waals surface area (Å²) in [5.74, 6) is 0.0109. The highest BCUT2D eigenvalue weighted by molar-refractivity contribution is 5.65. The quantitative estimate of drug-likeness (QED) is 0.201. The molecule has 0 amide bonds. The van der Waals surface area contributed by atoms with Crippen molar-refractivity contribution in [3.05, 3.63) is 17.7 Å². The summed E-state index contributed by atoms with van der Waals surface area (Å²) in [6, 6.07) is 3.19. The third-order valence-corrected chi connectivity index (χ3v) is 4.75. The van der Waals surface area contributed by atoms with Gasteiger partial charge in [0.05, 0.1) is 6.61 Å². The molecule has 0 fully saturated rings. The third-order valence-electron chi connectivity index (χ3n) is 4.75. The molecule has 1 aromatic rings. The predicted molar refractivity (Wildman–Crippen MR) is 108 cm³/mol. The summed E-state index contributed by atoms with van der Waals surface area (Å²) in [7, 11) is 0. The summed E-state index contributed by atoms with van der Waals surface area (Å²) in [6.45, 7) is 4.71. The molecular weight excluding hydrogens is 344 g/mol. The maximum atomic E-state index is 10.7. The molecule has 0 unspecified atom stereocenters. The monoisotopic (exact) mass is 380 g/mol. The second-order valence-corrected chi connectivity index (χ2v) is 7.01. The molecule has 27 heavy (non-hydrogen) atoms. The van der Waals surface area contributed by atoms with Crippen LogP contribution in [0.2, 0.25) is 0 Å². The lowest BCUT2D eigenvalue weighted by atomic mass is 10.1. The van der Waals surface area contributed by atoms with E-state index in [1.54, 1.807) is 6.07 Å². The fourth-order valence-corrected chi connectivity index (χ4v) is 3.15. The molecule has 0 radical (unpaired) electrons. The standard InChI is InChI=1S/C22H36O5/c1-3-5-6-7-8-9-10-11-12-13-14-17-26-21-18(4-2)15-16-19(20(21)23)27-22(24)25/h15-16,23H,3-14,17H2,1-2H3,(H,24,25). The largest absolute Gasteiger partial charge is 0.511 e.